The lowest BCUT2D eigenvalue weighted by Crippen LogP contribution is -2.36. The molecule has 5 rings (SSSR count). The summed E-state index contributed by atoms with van der Waals surface area (Å²) in [7, 11) is 0. The molecule has 1 aromatic carbocycles. The van der Waals surface area contributed by atoms with Gasteiger partial charge in [0.2, 0.25) is 0 Å². The molecule has 0 aliphatic carbocycles. The van der Waals surface area contributed by atoms with E-state index in [0.717, 1.165) is 47.6 Å². The third-order valence-electron chi connectivity index (χ3n) is 5.61. The van der Waals surface area contributed by atoms with Gasteiger partial charge in [-0.05, 0) is 42.7 Å². The third kappa shape index (κ3) is 2.73. The van der Waals surface area contributed by atoms with Gasteiger partial charge in [-0.2, -0.15) is 0 Å². The zero-order valence-corrected chi connectivity index (χ0v) is 15.5. The first-order chi connectivity index (χ1) is 13.2. The summed E-state index contributed by atoms with van der Waals surface area (Å²) in [5, 5.41) is 0. The molecule has 0 unspecified atom stereocenters. The topological polar surface area (TPSA) is 73.5 Å². The van der Waals surface area contributed by atoms with Gasteiger partial charge in [0.15, 0.2) is 0 Å². The molecule has 4 aromatic rings. The molecular formula is C21H22N6. The van der Waals surface area contributed by atoms with E-state index in [1.165, 1.54) is 16.8 Å². The van der Waals surface area contributed by atoms with Crippen LogP contribution in [0.5, 0.6) is 0 Å². The Kier molecular flexibility index (Phi) is 3.79. The van der Waals surface area contributed by atoms with Crippen LogP contribution in [-0.2, 0) is 13.0 Å². The van der Waals surface area contributed by atoms with Gasteiger partial charge in [-0.1, -0.05) is 12.1 Å². The second kappa shape index (κ2) is 6.32. The molecular weight excluding hydrogens is 336 g/mol. The SMILES string of the molecule is Cc1ccc2[nH]c(CN3CCc4[nH]cnc4[C@H]3c3cccnc3)nc2c1C. The van der Waals surface area contributed by atoms with Crippen LogP contribution < -0.4 is 0 Å². The number of hydrogen-bond acceptors (Lipinski definition) is 4. The van der Waals surface area contributed by atoms with E-state index in [4.69, 9.17) is 4.98 Å². The van der Waals surface area contributed by atoms with Crippen LogP contribution in [0, 0.1) is 13.8 Å². The Balaban J connectivity index is 1.53. The maximum Gasteiger partial charge on any atom is 0.121 e. The molecule has 4 heterocycles. The van der Waals surface area contributed by atoms with E-state index in [1.54, 1.807) is 6.33 Å². The Bertz CT molecular complexity index is 1090. The lowest BCUT2D eigenvalue weighted by Gasteiger charge is -2.34. The summed E-state index contributed by atoms with van der Waals surface area (Å²) in [6.45, 7) is 5.96. The molecule has 136 valence electrons. The second-order valence-corrected chi connectivity index (χ2v) is 7.26. The van der Waals surface area contributed by atoms with Crippen molar-refractivity contribution in [3.63, 3.8) is 0 Å². The fraction of sp³-hybridized carbons (Fsp3) is 0.286. The van der Waals surface area contributed by atoms with Gasteiger partial charge in [0.1, 0.15) is 5.82 Å². The number of aromatic amines is 2. The molecule has 0 bridgehead atoms. The van der Waals surface area contributed by atoms with Gasteiger partial charge in [-0.15, -0.1) is 0 Å². The summed E-state index contributed by atoms with van der Waals surface area (Å²) in [6, 6.07) is 8.47. The number of rotatable bonds is 3. The number of nitrogens with one attached hydrogen (secondary N) is 2. The number of nitrogens with zero attached hydrogens (tertiary/aromatic N) is 4. The van der Waals surface area contributed by atoms with Crippen molar-refractivity contribution in [3.05, 3.63) is 76.9 Å². The summed E-state index contributed by atoms with van der Waals surface area (Å²) >= 11 is 0. The molecule has 0 radical (unpaired) electrons. The summed E-state index contributed by atoms with van der Waals surface area (Å²) in [4.78, 5) is 23.1. The predicted octanol–water partition coefficient (Wildman–Crippen LogP) is 3.45. The van der Waals surface area contributed by atoms with Crippen molar-refractivity contribution in [2.45, 2.75) is 32.9 Å². The number of benzene rings is 1. The van der Waals surface area contributed by atoms with E-state index in [2.05, 4.69) is 56.9 Å². The van der Waals surface area contributed by atoms with Crippen molar-refractivity contribution in [2.75, 3.05) is 6.54 Å². The molecule has 1 aliphatic rings. The fourth-order valence-corrected chi connectivity index (χ4v) is 4.03. The molecule has 1 atom stereocenters. The van der Waals surface area contributed by atoms with Crippen LogP contribution >= 0.6 is 0 Å². The normalized spacial score (nSPS) is 17.3. The first-order valence-electron chi connectivity index (χ1n) is 9.31. The van der Waals surface area contributed by atoms with Crippen LogP contribution in [0.3, 0.4) is 0 Å². The predicted molar refractivity (Wildman–Crippen MR) is 104 cm³/mol. The van der Waals surface area contributed by atoms with Crippen LogP contribution in [0.2, 0.25) is 0 Å². The van der Waals surface area contributed by atoms with Crippen molar-refractivity contribution >= 4 is 11.0 Å². The number of aromatic nitrogens is 5. The van der Waals surface area contributed by atoms with E-state index >= 15 is 0 Å². The molecule has 6 heteroatoms. The highest BCUT2D eigenvalue weighted by Crippen LogP contribution is 2.34. The Labute approximate surface area is 157 Å². The second-order valence-electron chi connectivity index (χ2n) is 7.26. The Morgan fingerprint density at radius 2 is 2.15 bits per heavy atom. The molecule has 27 heavy (non-hydrogen) atoms. The van der Waals surface area contributed by atoms with E-state index in [0.29, 0.717) is 0 Å². The number of aryl methyl sites for hydroxylation is 2. The van der Waals surface area contributed by atoms with Gasteiger partial charge in [0, 0.05) is 31.1 Å². The maximum absolute atomic E-state index is 4.90. The zero-order chi connectivity index (χ0) is 18.4. The van der Waals surface area contributed by atoms with E-state index in [1.807, 2.05) is 18.5 Å². The van der Waals surface area contributed by atoms with Crippen molar-refractivity contribution in [2.24, 2.45) is 0 Å². The van der Waals surface area contributed by atoms with Crippen LogP contribution in [0.15, 0.2) is 43.0 Å². The highest BCUT2D eigenvalue weighted by molar-refractivity contribution is 5.79. The first kappa shape index (κ1) is 16.2. The van der Waals surface area contributed by atoms with E-state index < -0.39 is 0 Å². The van der Waals surface area contributed by atoms with Crippen LogP contribution in [0.4, 0.5) is 0 Å². The summed E-state index contributed by atoms with van der Waals surface area (Å²) in [6.07, 6.45) is 6.51. The molecule has 0 spiro atoms. The van der Waals surface area contributed by atoms with Crippen molar-refractivity contribution < 1.29 is 0 Å². The molecule has 3 aromatic heterocycles. The quantitative estimate of drug-likeness (QED) is 0.588. The smallest absolute Gasteiger partial charge is 0.121 e. The highest BCUT2D eigenvalue weighted by atomic mass is 15.2. The summed E-state index contributed by atoms with van der Waals surface area (Å²) in [5.41, 5.74) is 8.16. The molecule has 6 nitrogen and oxygen atoms in total. The highest BCUT2D eigenvalue weighted by Gasteiger charge is 2.31. The molecule has 1 aliphatic heterocycles. The molecule has 2 N–H and O–H groups in total. The van der Waals surface area contributed by atoms with Gasteiger partial charge >= 0.3 is 0 Å². The number of pyridine rings is 1. The Hall–Kier alpha value is -2.99. The minimum Gasteiger partial charge on any atom is -0.348 e. The van der Waals surface area contributed by atoms with Gasteiger partial charge in [0.05, 0.1) is 35.6 Å². The van der Waals surface area contributed by atoms with Gasteiger partial charge in [0.25, 0.3) is 0 Å². The average molecular weight is 358 g/mol. The summed E-state index contributed by atoms with van der Waals surface area (Å²) < 4.78 is 0. The van der Waals surface area contributed by atoms with Crippen molar-refractivity contribution in [1.29, 1.82) is 0 Å². The number of H-pyrrole nitrogens is 2. The van der Waals surface area contributed by atoms with Crippen molar-refractivity contribution in [3.8, 4) is 0 Å². The lowest BCUT2D eigenvalue weighted by molar-refractivity contribution is 0.196. The third-order valence-corrected chi connectivity index (χ3v) is 5.61. The molecule has 0 saturated carbocycles. The zero-order valence-electron chi connectivity index (χ0n) is 15.5. The molecule has 0 saturated heterocycles. The van der Waals surface area contributed by atoms with Gasteiger partial charge in [-0.25, -0.2) is 9.97 Å². The molecule has 0 amide bonds. The van der Waals surface area contributed by atoms with Crippen LogP contribution in [0.1, 0.15) is 39.9 Å². The fourth-order valence-electron chi connectivity index (χ4n) is 4.03. The standard InChI is InChI=1S/C21H22N6/c1-13-5-6-17-19(14(13)2)26-18(25-17)11-27-9-7-16-20(24-12-23-16)21(27)15-4-3-8-22-10-15/h3-6,8,10,12,21H,7,9,11H2,1-2H3,(H,23,24)(H,25,26)/t21-/m1/s1. The average Bonchev–Trinajstić information content (AvgIpc) is 3.32. The maximum atomic E-state index is 4.90. The van der Waals surface area contributed by atoms with E-state index in [-0.39, 0.29) is 6.04 Å². The lowest BCUT2D eigenvalue weighted by atomic mass is 9.97. The monoisotopic (exact) mass is 358 g/mol. The first-order valence-corrected chi connectivity index (χ1v) is 9.31. The van der Waals surface area contributed by atoms with Crippen LogP contribution in [0.25, 0.3) is 11.0 Å². The Morgan fingerprint density at radius 1 is 1.22 bits per heavy atom. The number of hydrogen-bond donors (Lipinski definition) is 2. The minimum absolute atomic E-state index is 0.0877. The van der Waals surface area contributed by atoms with Gasteiger partial charge < -0.3 is 9.97 Å². The van der Waals surface area contributed by atoms with Gasteiger partial charge in [-0.3, -0.25) is 9.88 Å². The van der Waals surface area contributed by atoms with E-state index in [9.17, 15) is 0 Å². The molecule has 0 fully saturated rings. The minimum atomic E-state index is 0.0877. The summed E-state index contributed by atoms with van der Waals surface area (Å²) in [5.74, 6) is 0.992. The largest absolute Gasteiger partial charge is 0.348 e. The Morgan fingerprint density at radius 3 is 3.00 bits per heavy atom. The number of imidazole rings is 2. The van der Waals surface area contributed by atoms with Crippen molar-refractivity contribution in [1.82, 2.24) is 29.8 Å². The van der Waals surface area contributed by atoms with Crippen LogP contribution in [-0.4, -0.2) is 36.4 Å². The number of fused-ring (bicyclic) bond motifs is 2.